The number of piperidine rings is 1. The van der Waals surface area contributed by atoms with E-state index in [9.17, 15) is 28.8 Å². The Morgan fingerprint density at radius 2 is 1.41 bits per heavy atom. The molecule has 0 radical (unpaired) electrons. The van der Waals surface area contributed by atoms with Gasteiger partial charge in [-0.3, -0.25) is 19.2 Å². The predicted octanol–water partition coefficient (Wildman–Crippen LogP) is 4.43. The van der Waals surface area contributed by atoms with Crippen molar-refractivity contribution < 1.29 is 38.2 Å². The molecular formula is C44H62N6O8. The van der Waals surface area contributed by atoms with Gasteiger partial charge < -0.3 is 41.0 Å². The normalized spacial score (nSPS) is 19.4. The first-order valence-electron chi connectivity index (χ1n) is 21.3. The predicted molar refractivity (Wildman–Crippen MR) is 218 cm³/mol. The summed E-state index contributed by atoms with van der Waals surface area (Å²) in [5.41, 5.74) is 7.69. The van der Waals surface area contributed by atoms with Crippen LogP contribution in [0.3, 0.4) is 0 Å². The van der Waals surface area contributed by atoms with E-state index < -0.39 is 59.9 Å². The maximum atomic E-state index is 14.6. The van der Waals surface area contributed by atoms with Gasteiger partial charge in [0.05, 0.1) is 19.2 Å². The summed E-state index contributed by atoms with van der Waals surface area (Å²) in [6.07, 6.45) is 8.39. The van der Waals surface area contributed by atoms with Gasteiger partial charge in [0.15, 0.2) is 0 Å². The number of alkyl carbamates (subject to hydrolysis) is 1. The summed E-state index contributed by atoms with van der Waals surface area (Å²) in [6.45, 7) is 1.89. The minimum Gasteiger partial charge on any atom is -0.449 e. The monoisotopic (exact) mass is 802 g/mol. The fourth-order valence-electron chi connectivity index (χ4n) is 8.05. The lowest BCUT2D eigenvalue weighted by Gasteiger charge is -2.30. The van der Waals surface area contributed by atoms with Gasteiger partial charge in [-0.05, 0) is 94.2 Å². The summed E-state index contributed by atoms with van der Waals surface area (Å²) >= 11 is 0. The number of ketones is 1. The number of aryl methyl sites for hydroxylation is 1. The highest BCUT2D eigenvalue weighted by Gasteiger charge is 2.45. The number of rotatable bonds is 19. The second kappa shape index (κ2) is 23.4. The van der Waals surface area contributed by atoms with Crippen LogP contribution < -0.4 is 21.7 Å². The third-order valence-corrected chi connectivity index (χ3v) is 11.4. The molecule has 14 heteroatoms. The van der Waals surface area contributed by atoms with Gasteiger partial charge in [-0.2, -0.15) is 0 Å². The SMILES string of the molecule is NCCCC[C@H](NC(=O)[C@@H]1C[C@@H](OC(=O)N2CCCCC2)CN1C(=O)[C@@H](CCc1ccccc1)NC(=O)OCC1CCCCC1)C(=O)C(=O)NCCc1ccccc1. The summed E-state index contributed by atoms with van der Waals surface area (Å²) in [4.78, 5) is 85.1. The number of carbonyl (C=O) groups is 6. The minimum absolute atomic E-state index is 0.0261. The lowest BCUT2D eigenvalue weighted by atomic mass is 9.90. The third-order valence-electron chi connectivity index (χ3n) is 11.4. The Morgan fingerprint density at radius 3 is 2.09 bits per heavy atom. The van der Waals surface area contributed by atoms with Crippen LogP contribution in [0.2, 0.25) is 0 Å². The van der Waals surface area contributed by atoms with E-state index in [1.807, 2.05) is 60.7 Å². The van der Waals surface area contributed by atoms with Crippen molar-refractivity contribution in [2.75, 3.05) is 39.3 Å². The number of ether oxygens (including phenoxy) is 2. The lowest BCUT2D eigenvalue weighted by Crippen LogP contribution is -2.56. The molecule has 1 saturated carbocycles. The molecule has 5 rings (SSSR count). The van der Waals surface area contributed by atoms with Crippen molar-refractivity contribution >= 4 is 35.7 Å². The van der Waals surface area contributed by atoms with E-state index >= 15 is 0 Å². The Kier molecular flexibility index (Phi) is 17.8. The summed E-state index contributed by atoms with van der Waals surface area (Å²) in [7, 11) is 0. The smallest absolute Gasteiger partial charge is 0.410 e. The number of nitrogens with one attached hydrogen (secondary N) is 3. The van der Waals surface area contributed by atoms with E-state index in [1.54, 1.807) is 4.90 Å². The van der Waals surface area contributed by atoms with E-state index in [4.69, 9.17) is 15.2 Å². The molecule has 2 saturated heterocycles. The van der Waals surface area contributed by atoms with E-state index in [1.165, 1.54) is 11.3 Å². The number of carbonyl (C=O) groups excluding carboxylic acids is 6. The fraction of sp³-hybridized carbons (Fsp3) is 0.591. The lowest BCUT2D eigenvalue weighted by molar-refractivity contribution is -0.143. The molecule has 2 aromatic rings. The first-order valence-corrected chi connectivity index (χ1v) is 21.3. The van der Waals surface area contributed by atoms with Gasteiger partial charge in [-0.15, -0.1) is 0 Å². The summed E-state index contributed by atoms with van der Waals surface area (Å²) < 4.78 is 11.5. The zero-order valence-electron chi connectivity index (χ0n) is 33.7. The van der Waals surface area contributed by atoms with Crippen molar-refractivity contribution in [3.05, 3.63) is 71.8 Å². The van der Waals surface area contributed by atoms with E-state index in [2.05, 4.69) is 16.0 Å². The van der Waals surface area contributed by atoms with Gasteiger partial charge in [0.1, 0.15) is 18.2 Å². The maximum Gasteiger partial charge on any atom is 0.410 e. The van der Waals surface area contributed by atoms with Crippen LogP contribution in [0.4, 0.5) is 9.59 Å². The van der Waals surface area contributed by atoms with Crippen LogP contribution in [-0.4, -0.2) is 109 Å². The Balaban J connectivity index is 1.32. The Labute approximate surface area is 342 Å². The number of nitrogens with two attached hydrogens (primary N) is 1. The number of nitrogens with zero attached hydrogens (tertiary/aromatic N) is 2. The highest BCUT2D eigenvalue weighted by Crippen LogP contribution is 2.26. The Hall–Kier alpha value is -4.98. The summed E-state index contributed by atoms with van der Waals surface area (Å²) in [5, 5.41) is 8.25. The van der Waals surface area contributed by atoms with Crippen LogP contribution in [-0.2, 0) is 41.5 Å². The number of amides is 5. The molecule has 2 aliphatic heterocycles. The van der Waals surface area contributed by atoms with Crippen molar-refractivity contribution in [1.82, 2.24) is 25.8 Å². The van der Waals surface area contributed by atoms with E-state index in [0.717, 1.165) is 56.1 Å². The maximum absolute atomic E-state index is 14.6. The number of likely N-dealkylation sites (tertiary alicyclic amines) is 2. The first kappa shape index (κ1) is 44.1. The molecular weight excluding hydrogens is 741 g/mol. The number of hydrogen-bond acceptors (Lipinski definition) is 9. The molecule has 2 aromatic carbocycles. The molecule has 4 atom stereocenters. The Morgan fingerprint density at radius 1 is 0.759 bits per heavy atom. The van der Waals surface area contributed by atoms with Gasteiger partial charge in [-0.25, -0.2) is 9.59 Å². The molecule has 2 heterocycles. The van der Waals surface area contributed by atoms with Gasteiger partial charge in [0.2, 0.25) is 17.6 Å². The molecule has 5 amide bonds. The van der Waals surface area contributed by atoms with Crippen LogP contribution in [0.15, 0.2) is 60.7 Å². The van der Waals surface area contributed by atoms with Crippen molar-refractivity contribution in [3.63, 3.8) is 0 Å². The topological polar surface area (TPSA) is 189 Å². The average Bonchev–Trinajstić information content (AvgIpc) is 3.68. The largest absolute Gasteiger partial charge is 0.449 e. The van der Waals surface area contributed by atoms with Crippen LogP contribution in [0.5, 0.6) is 0 Å². The standard InChI is InChI=1S/C44H62N6O8/c45-25-12-11-21-36(39(51)41(53)46-26-24-33-17-7-2-8-18-33)47-40(52)38-29-35(58-44(56)49-27-13-4-14-28-49)30-50(38)42(54)37(23-22-32-15-5-1-6-16-32)48-43(55)57-31-34-19-9-3-10-20-34/h1-2,5-8,15-18,34-38H,3-4,9-14,19-31,45H2,(H,46,53)(H,47,52)(H,48,55)/t35-,36+,37-,38+/m1/s1. The van der Waals surface area contributed by atoms with E-state index in [0.29, 0.717) is 45.3 Å². The molecule has 14 nitrogen and oxygen atoms in total. The number of hydrogen-bond donors (Lipinski definition) is 4. The molecule has 0 aromatic heterocycles. The van der Waals surface area contributed by atoms with Crippen molar-refractivity contribution in [2.45, 2.75) is 121 Å². The molecule has 1 aliphatic carbocycles. The van der Waals surface area contributed by atoms with Crippen molar-refractivity contribution in [3.8, 4) is 0 Å². The average molecular weight is 803 g/mol. The van der Waals surface area contributed by atoms with E-state index in [-0.39, 0.29) is 44.9 Å². The second-order valence-electron chi connectivity index (χ2n) is 15.8. The van der Waals surface area contributed by atoms with Gasteiger partial charge >= 0.3 is 12.2 Å². The molecule has 5 N–H and O–H groups in total. The summed E-state index contributed by atoms with van der Waals surface area (Å²) in [5.74, 6) is -2.54. The zero-order chi connectivity index (χ0) is 41.1. The third kappa shape index (κ3) is 13.8. The van der Waals surface area contributed by atoms with Gasteiger partial charge in [-0.1, -0.05) is 79.9 Å². The molecule has 0 spiro atoms. The van der Waals surface area contributed by atoms with Gasteiger partial charge in [0.25, 0.3) is 5.91 Å². The molecule has 0 unspecified atom stereocenters. The molecule has 58 heavy (non-hydrogen) atoms. The second-order valence-corrected chi connectivity index (χ2v) is 15.8. The van der Waals surface area contributed by atoms with Crippen molar-refractivity contribution in [2.24, 2.45) is 11.7 Å². The molecule has 3 fully saturated rings. The molecule has 316 valence electrons. The quantitative estimate of drug-likeness (QED) is 0.118. The number of unbranched alkanes of at least 4 members (excludes halogenated alkanes) is 1. The van der Waals surface area contributed by atoms with Crippen LogP contribution in [0.25, 0.3) is 0 Å². The summed E-state index contributed by atoms with van der Waals surface area (Å²) in [6, 6.07) is 15.7. The minimum atomic E-state index is -1.18. The van der Waals surface area contributed by atoms with Crippen LogP contribution >= 0.6 is 0 Å². The Bertz CT molecular complexity index is 1630. The number of benzene rings is 2. The first-order chi connectivity index (χ1) is 28.2. The van der Waals surface area contributed by atoms with Gasteiger partial charge in [0, 0.05) is 26.1 Å². The van der Waals surface area contributed by atoms with Crippen molar-refractivity contribution in [1.29, 1.82) is 0 Å². The molecule has 3 aliphatic rings. The highest BCUT2D eigenvalue weighted by molar-refractivity contribution is 6.38. The van der Waals surface area contributed by atoms with Crippen LogP contribution in [0.1, 0.15) is 94.6 Å². The fourth-order valence-corrected chi connectivity index (χ4v) is 8.05. The molecule has 0 bridgehead atoms. The zero-order valence-corrected chi connectivity index (χ0v) is 33.7. The number of Topliss-reactive ketones (excluding diaryl/α,β-unsaturated/α-hetero) is 1. The van der Waals surface area contributed by atoms with Crippen LogP contribution in [0, 0.1) is 5.92 Å². The highest BCUT2D eigenvalue weighted by atomic mass is 16.6.